The molecule has 0 aliphatic carbocycles. The van der Waals surface area contributed by atoms with Crippen molar-refractivity contribution in [3.8, 4) is 0 Å². The normalized spacial score (nSPS) is 13.4. The first kappa shape index (κ1) is 7.98. The summed E-state index contributed by atoms with van der Waals surface area (Å²) in [5.41, 5.74) is 0. The van der Waals surface area contributed by atoms with Crippen molar-refractivity contribution < 1.29 is 4.79 Å². The molecule has 0 aromatic carbocycles. The zero-order valence-electron chi connectivity index (χ0n) is 5.14. The van der Waals surface area contributed by atoms with Gasteiger partial charge in [-0.15, -0.1) is 0 Å². The first-order valence-electron chi connectivity index (χ1n) is 2.62. The summed E-state index contributed by atoms with van der Waals surface area (Å²) < 4.78 is 2.60. The molecular formula is C5H11NOS. The first-order chi connectivity index (χ1) is 3.72. The number of thiol groups is 1. The highest BCUT2D eigenvalue weighted by atomic mass is 32.1. The maximum atomic E-state index is 10.5. The molecule has 0 bridgehead atoms. The largest absolute Gasteiger partial charge is 0.298 e. The minimum Gasteiger partial charge on any atom is -0.298 e. The quantitative estimate of drug-likeness (QED) is 0.557. The molecule has 0 radical (unpaired) electrons. The zero-order chi connectivity index (χ0) is 6.57. The van der Waals surface area contributed by atoms with Gasteiger partial charge < -0.3 is 0 Å². The molecular weight excluding hydrogens is 122 g/mol. The van der Waals surface area contributed by atoms with Gasteiger partial charge in [0.05, 0.1) is 6.04 Å². The Morgan fingerprint density at radius 1 is 1.88 bits per heavy atom. The van der Waals surface area contributed by atoms with E-state index in [1.54, 1.807) is 6.92 Å². The van der Waals surface area contributed by atoms with E-state index in [-0.39, 0.29) is 11.8 Å². The summed E-state index contributed by atoms with van der Waals surface area (Å²) in [6, 6.07) is -0.0710. The summed E-state index contributed by atoms with van der Waals surface area (Å²) in [6.45, 7) is 3.49. The molecule has 0 fully saturated rings. The monoisotopic (exact) mass is 133 g/mol. The van der Waals surface area contributed by atoms with Crippen molar-refractivity contribution in [1.29, 1.82) is 0 Å². The molecule has 0 saturated heterocycles. The Morgan fingerprint density at radius 3 is 2.38 bits per heavy atom. The fourth-order valence-corrected chi connectivity index (χ4v) is 0.834. The molecule has 0 amide bonds. The lowest BCUT2D eigenvalue weighted by Crippen LogP contribution is -2.27. The Hall–Kier alpha value is -0.0200. The van der Waals surface area contributed by atoms with Gasteiger partial charge in [-0.2, -0.15) is 0 Å². The molecule has 0 aromatic rings. The highest BCUT2D eigenvalue weighted by Crippen LogP contribution is 1.91. The fraction of sp³-hybridized carbons (Fsp3) is 0.800. The van der Waals surface area contributed by atoms with Gasteiger partial charge in [-0.25, -0.2) is 0 Å². The van der Waals surface area contributed by atoms with Crippen LogP contribution in [-0.4, -0.2) is 11.8 Å². The molecule has 8 heavy (non-hydrogen) atoms. The van der Waals surface area contributed by atoms with Crippen molar-refractivity contribution in [3.63, 3.8) is 0 Å². The molecule has 0 spiro atoms. The molecule has 48 valence electrons. The van der Waals surface area contributed by atoms with Crippen LogP contribution in [0.3, 0.4) is 0 Å². The molecule has 0 aromatic heterocycles. The van der Waals surface area contributed by atoms with Gasteiger partial charge in [-0.1, -0.05) is 19.7 Å². The van der Waals surface area contributed by atoms with Gasteiger partial charge in [0.15, 0.2) is 0 Å². The van der Waals surface area contributed by atoms with Gasteiger partial charge in [0.2, 0.25) is 0 Å². The number of ketones is 1. The van der Waals surface area contributed by atoms with Gasteiger partial charge in [-0.3, -0.25) is 9.52 Å². The summed E-state index contributed by atoms with van der Waals surface area (Å²) in [7, 11) is 0. The van der Waals surface area contributed by atoms with Gasteiger partial charge in [0.1, 0.15) is 5.78 Å². The number of hydrogen-bond donors (Lipinski definition) is 2. The smallest absolute Gasteiger partial charge is 0.147 e. The number of hydrogen-bond acceptors (Lipinski definition) is 3. The van der Waals surface area contributed by atoms with E-state index < -0.39 is 0 Å². The summed E-state index contributed by atoms with van der Waals surface area (Å²) in [6.07, 6.45) is 0.804. The highest BCUT2D eigenvalue weighted by Gasteiger charge is 2.06. The van der Waals surface area contributed by atoms with Gasteiger partial charge in [0, 0.05) is 0 Å². The summed E-state index contributed by atoms with van der Waals surface area (Å²) in [5.74, 6) is 0.141. The molecule has 2 nitrogen and oxygen atoms in total. The van der Waals surface area contributed by atoms with Crippen molar-refractivity contribution in [2.45, 2.75) is 26.3 Å². The molecule has 3 heteroatoms. The van der Waals surface area contributed by atoms with Crippen LogP contribution in [0.4, 0.5) is 0 Å². The molecule has 0 rings (SSSR count). The second kappa shape index (κ2) is 3.92. The topological polar surface area (TPSA) is 29.1 Å². The lowest BCUT2D eigenvalue weighted by molar-refractivity contribution is -0.118. The SMILES string of the molecule is CCC(NS)C(C)=O. The van der Waals surface area contributed by atoms with Crippen LogP contribution in [0.5, 0.6) is 0 Å². The average molecular weight is 133 g/mol. The predicted octanol–water partition coefficient (Wildman–Crippen LogP) is 0.788. The minimum atomic E-state index is -0.0710. The van der Waals surface area contributed by atoms with Crippen molar-refractivity contribution in [2.24, 2.45) is 0 Å². The second-order valence-electron chi connectivity index (χ2n) is 1.70. The third kappa shape index (κ3) is 2.33. The van der Waals surface area contributed by atoms with E-state index in [9.17, 15) is 4.79 Å². The number of rotatable bonds is 3. The van der Waals surface area contributed by atoms with Crippen LogP contribution in [-0.2, 0) is 4.79 Å². The predicted molar refractivity (Wildman–Crippen MR) is 36.9 cm³/mol. The lowest BCUT2D eigenvalue weighted by atomic mass is 10.2. The molecule has 1 atom stereocenters. The molecule has 0 saturated carbocycles. The molecule has 0 heterocycles. The maximum absolute atomic E-state index is 10.5. The maximum Gasteiger partial charge on any atom is 0.147 e. The first-order valence-corrected chi connectivity index (χ1v) is 3.07. The summed E-state index contributed by atoms with van der Waals surface area (Å²) in [5, 5.41) is 0. The van der Waals surface area contributed by atoms with Gasteiger partial charge >= 0.3 is 0 Å². The van der Waals surface area contributed by atoms with Crippen molar-refractivity contribution >= 4 is 18.6 Å². The fourth-order valence-electron chi connectivity index (χ4n) is 0.470. The van der Waals surface area contributed by atoms with Crippen LogP contribution in [0.2, 0.25) is 0 Å². The Bertz CT molecular complexity index is 80.5. The summed E-state index contributed by atoms with van der Waals surface area (Å²) in [4.78, 5) is 10.5. The van der Waals surface area contributed by atoms with Crippen molar-refractivity contribution in [2.75, 3.05) is 0 Å². The number of nitrogens with one attached hydrogen (secondary N) is 1. The zero-order valence-corrected chi connectivity index (χ0v) is 6.03. The van der Waals surface area contributed by atoms with Crippen molar-refractivity contribution in [1.82, 2.24) is 4.72 Å². The van der Waals surface area contributed by atoms with Crippen LogP contribution in [0, 0.1) is 0 Å². The Morgan fingerprint density at radius 2 is 2.38 bits per heavy atom. The van der Waals surface area contributed by atoms with Crippen LogP contribution < -0.4 is 4.72 Å². The Balaban J connectivity index is 3.52. The van der Waals surface area contributed by atoms with E-state index >= 15 is 0 Å². The van der Waals surface area contributed by atoms with Crippen LogP contribution in [0.1, 0.15) is 20.3 Å². The standard InChI is InChI=1S/C5H11NOS/c1-3-5(6-8)4(2)7/h5-6,8H,3H2,1-2H3. The highest BCUT2D eigenvalue weighted by molar-refractivity contribution is 7.78. The molecule has 0 aliphatic rings. The third-order valence-corrected chi connectivity index (χ3v) is 1.37. The average Bonchev–Trinajstić information content (AvgIpc) is 1.69. The van der Waals surface area contributed by atoms with E-state index in [1.807, 2.05) is 6.92 Å². The van der Waals surface area contributed by atoms with Gasteiger partial charge in [-0.05, 0) is 13.3 Å². The van der Waals surface area contributed by atoms with E-state index in [2.05, 4.69) is 17.5 Å². The number of carbonyl (C=O) groups excluding carboxylic acids is 1. The van der Waals surface area contributed by atoms with E-state index in [1.165, 1.54) is 0 Å². The molecule has 1 N–H and O–H groups in total. The van der Waals surface area contributed by atoms with Gasteiger partial charge in [0.25, 0.3) is 0 Å². The van der Waals surface area contributed by atoms with Crippen LogP contribution in [0.15, 0.2) is 0 Å². The minimum absolute atomic E-state index is 0.0710. The van der Waals surface area contributed by atoms with E-state index in [0.717, 1.165) is 6.42 Å². The van der Waals surface area contributed by atoms with Crippen LogP contribution in [0.25, 0.3) is 0 Å². The molecule has 1 unspecified atom stereocenters. The Labute approximate surface area is 55.2 Å². The summed E-state index contributed by atoms with van der Waals surface area (Å²) >= 11 is 3.76. The number of Topliss-reactive ketones (excluding diaryl/α,β-unsaturated/α-hetero) is 1. The Kier molecular flexibility index (Phi) is 3.91. The molecule has 0 aliphatic heterocycles. The number of carbonyl (C=O) groups is 1. The van der Waals surface area contributed by atoms with E-state index in [0.29, 0.717) is 0 Å². The second-order valence-corrected chi connectivity index (χ2v) is 1.96. The van der Waals surface area contributed by atoms with Crippen LogP contribution >= 0.6 is 12.8 Å². The van der Waals surface area contributed by atoms with E-state index in [4.69, 9.17) is 0 Å². The lowest BCUT2D eigenvalue weighted by Gasteiger charge is -2.06. The van der Waals surface area contributed by atoms with Crippen molar-refractivity contribution in [3.05, 3.63) is 0 Å². The third-order valence-electron chi connectivity index (χ3n) is 1.05.